The van der Waals surface area contributed by atoms with Crippen LogP contribution in [0, 0.1) is 27.7 Å². The summed E-state index contributed by atoms with van der Waals surface area (Å²) in [6.45, 7) is 27.4. The molecule has 0 spiro atoms. The van der Waals surface area contributed by atoms with Crippen LogP contribution >= 0.6 is 0 Å². The van der Waals surface area contributed by atoms with Gasteiger partial charge in [-0.15, -0.1) is 0 Å². The molecule has 0 radical (unpaired) electrons. The number of anilines is 6. The number of aryl methyl sites for hydroxylation is 4. The Morgan fingerprint density at radius 2 is 0.679 bits per heavy atom. The number of fused-ring (bicyclic) bond motifs is 6. The standard InChI is InChI=1S/C80H72N2O2/c1-45(2)54-21-13-15-23-56(54)60-25-17-27-62-64-29-19-31-70(79(64)83-77(60)62)81(53-40-50(10)39-51(11)41-53)73-43-68(47(5)6)58-36-38-67-74(44-69(48(7)8)59-35-37-66(73)75(58)76(59)67)82(72-42-49(9)33-34-52(72)12)71-32-20-30-65-63-28-18-26-61(78(63)84-80(65)71)57-24-16-14-22-55(57)46(3)4/h13-48H,1-12H3. The van der Waals surface area contributed by atoms with Crippen molar-refractivity contribution in [2.75, 3.05) is 9.80 Å². The summed E-state index contributed by atoms with van der Waals surface area (Å²) in [7, 11) is 0. The Kier molecular flexibility index (Phi) is 12.8. The van der Waals surface area contributed by atoms with E-state index in [9.17, 15) is 0 Å². The smallest absolute Gasteiger partial charge is 0.159 e. The molecule has 84 heavy (non-hydrogen) atoms. The van der Waals surface area contributed by atoms with E-state index in [0.29, 0.717) is 11.8 Å². The fourth-order valence-corrected chi connectivity index (χ4v) is 14.1. The van der Waals surface area contributed by atoms with Crippen LogP contribution in [0.25, 0.3) is 98.4 Å². The van der Waals surface area contributed by atoms with Gasteiger partial charge in [0, 0.05) is 54.8 Å². The summed E-state index contributed by atoms with van der Waals surface area (Å²) in [4.78, 5) is 5.03. The van der Waals surface area contributed by atoms with Crippen LogP contribution in [0.3, 0.4) is 0 Å². The van der Waals surface area contributed by atoms with Gasteiger partial charge in [0.15, 0.2) is 11.2 Å². The van der Waals surface area contributed by atoms with E-state index in [2.05, 4.69) is 287 Å². The highest BCUT2D eigenvalue weighted by Crippen LogP contribution is 2.54. The molecule has 2 aromatic heterocycles. The van der Waals surface area contributed by atoms with E-state index in [-0.39, 0.29) is 11.8 Å². The molecule has 0 fully saturated rings. The van der Waals surface area contributed by atoms with Gasteiger partial charge in [0.2, 0.25) is 0 Å². The van der Waals surface area contributed by atoms with Gasteiger partial charge in [0.1, 0.15) is 11.2 Å². The quantitative estimate of drug-likeness (QED) is 0.114. The number of rotatable bonds is 12. The summed E-state index contributed by atoms with van der Waals surface area (Å²) >= 11 is 0. The lowest BCUT2D eigenvalue weighted by Crippen LogP contribution is -2.14. The van der Waals surface area contributed by atoms with Gasteiger partial charge in [-0.1, -0.05) is 207 Å². The first kappa shape index (κ1) is 52.9. The van der Waals surface area contributed by atoms with E-state index in [0.717, 1.165) is 89.1 Å². The van der Waals surface area contributed by atoms with Crippen LogP contribution in [0.4, 0.5) is 34.1 Å². The fraction of sp³-hybridized carbons (Fsp3) is 0.200. The zero-order valence-corrected chi connectivity index (χ0v) is 50.5. The van der Waals surface area contributed by atoms with Crippen LogP contribution < -0.4 is 9.80 Å². The Bertz CT molecular complexity index is 4910. The van der Waals surface area contributed by atoms with Crippen molar-refractivity contribution in [3.05, 3.63) is 239 Å². The second-order valence-corrected chi connectivity index (χ2v) is 25.0. The number of hydrogen-bond acceptors (Lipinski definition) is 4. The van der Waals surface area contributed by atoms with E-state index in [1.54, 1.807) is 0 Å². The topological polar surface area (TPSA) is 32.8 Å². The predicted octanol–water partition coefficient (Wildman–Crippen LogP) is 24.4. The van der Waals surface area contributed by atoms with Crippen LogP contribution in [0.5, 0.6) is 0 Å². The summed E-state index contributed by atoms with van der Waals surface area (Å²) in [5.74, 6) is 1.11. The fourth-order valence-electron chi connectivity index (χ4n) is 14.1. The third-order valence-electron chi connectivity index (χ3n) is 17.9. The van der Waals surface area contributed by atoms with Gasteiger partial charge in [-0.3, -0.25) is 0 Å². The second-order valence-electron chi connectivity index (χ2n) is 25.0. The van der Waals surface area contributed by atoms with Crippen molar-refractivity contribution in [3.63, 3.8) is 0 Å². The minimum atomic E-state index is 0.207. The lowest BCUT2D eigenvalue weighted by molar-refractivity contribution is 0.669. The highest BCUT2D eigenvalue weighted by molar-refractivity contribution is 6.30. The molecular formula is C80H72N2O2. The molecule has 14 aromatic rings. The van der Waals surface area contributed by atoms with Gasteiger partial charge in [0.25, 0.3) is 0 Å². The molecule has 4 heteroatoms. The van der Waals surface area contributed by atoms with E-state index in [1.807, 2.05) is 0 Å². The third kappa shape index (κ3) is 8.39. The molecule has 0 aliphatic carbocycles. The molecule has 0 bridgehead atoms. The number of hydrogen-bond donors (Lipinski definition) is 0. The van der Waals surface area contributed by atoms with Crippen molar-refractivity contribution in [3.8, 4) is 22.3 Å². The van der Waals surface area contributed by atoms with Crippen LogP contribution in [0.15, 0.2) is 203 Å². The zero-order chi connectivity index (χ0) is 58.0. The Morgan fingerprint density at radius 3 is 1.15 bits per heavy atom. The molecule has 2 heterocycles. The first-order valence-corrected chi connectivity index (χ1v) is 30.3. The molecule has 0 amide bonds. The second kappa shape index (κ2) is 20.3. The largest absolute Gasteiger partial charge is 0.453 e. The van der Waals surface area contributed by atoms with Gasteiger partial charge in [0.05, 0.1) is 22.7 Å². The average Bonchev–Trinajstić information content (AvgIpc) is 1.31. The monoisotopic (exact) mass is 1090 g/mol. The van der Waals surface area contributed by atoms with Crippen LogP contribution in [0.2, 0.25) is 0 Å². The minimum Gasteiger partial charge on any atom is -0.453 e. The molecule has 0 atom stereocenters. The molecule has 0 aliphatic heterocycles. The van der Waals surface area contributed by atoms with Crippen LogP contribution in [-0.4, -0.2) is 0 Å². The van der Waals surface area contributed by atoms with Gasteiger partial charge in [-0.2, -0.15) is 0 Å². The maximum atomic E-state index is 7.42. The molecule has 14 rings (SSSR count). The summed E-state index contributed by atoms with van der Waals surface area (Å²) in [5, 5.41) is 11.9. The summed E-state index contributed by atoms with van der Waals surface area (Å²) < 4.78 is 14.8. The molecule has 0 aliphatic rings. The van der Waals surface area contributed by atoms with E-state index in [4.69, 9.17) is 8.83 Å². The molecule has 0 unspecified atom stereocenters. The predicted molar refractivity (Wildman–Crippen MR) is 360 cm³/mol. The van der Waals surface area contributed by atoms with E-state index >= 15 is 0 Å². The van der Waals surface area contributed by atoms with Gasteiger partial charge in [-0.05, 0) is 171 Å². The first-order chi connectivity index (χ1) is 40.6. The van der Waals surface area contributed by atoms with E-state index < -0.39 is 0 Å². The third-order valence-corrected chi connectivity index (χ3v) is 17.9. The number of para-hydroxylation sites is 4. The highest BCUT2D eigenvalue weighted by atomic mass is 16.3. The molecule has 0 saturated carbocycles. The Balaban J connectivity index is 1.07. The van der Waals surface area contributed by atoms with Gasteiger partial charge < -0.3 is 18.6 Å². The minimum absolute atomic E-state index is 0.207. The molecule has 12 aromatic carbocycles. The van der Waals surface area contributed by atoms with Crippen molar-refractivity contribution < 1.29 is 8.83 Å². The summed E-state index contributed by atoms with van der Waals surface area (Å²) in [6.07, 6.45) is 0. The number of furan rings is 2. The van der Waals surface area contributed by atoms with Gasteiger partial charge >= 0.3 is 0 Å². The molecule has 414 valence electrons. The maximum Gasteiger partial charge on any atom is 0.159 e. The van der Waals surface area contributed by atoms with Crippen molar-refractivity contribution >= 4 is 110 Å². The van der Waals surface area contributed by atoms with Crippen molar-refractivity contribution in [2.45, 2.75) is 107 Å². The van der Waals surface area contributed by atoms with Crippen LogP contribution in [0.1, 0.15) is 124 Å². The molecule has 0 N–H and O–H groups in total. The number of nitrogens with zero attached hydrogens (tertiary/aromatic N) is 2. The Hall–Kier alpha value is -9.12. The highest BCUT2D eigenvalue weighted by Gasteiger charge is 2.30. The molecule has 0 saturated heterocycles. The lowest BCUT2D eigenvalue weighted by Gasteiger charge is -2.32. The summed E-state index contributed by atoms with van der Waals surface area (Å²) in [5.41, 5.74) is 24.7. The lowest BCUT2D eigenvalue weighted by atomic mass is 9.84. The number of benzene rings is 12. The average molecular weight is 1090 g/mol. The summed E-state index contributed by atoms with van der Waals surface area (Å²) in [6, 6.07) is 72.8. The van der Waals surface area contributed by atoms with Crippen molar-refractivity contribution in [1.29, 1.82) is 0 Å². The zero-order valence-electron chi connectivity index (χ0n) is 50.5. The molecular weight excluding hydrogens is 1020 g/mol. The van der Waals surface area contributed by atoms with Crippen molar-refractivity contribution in [1.82, 2.24) is 0 Å². The van der Waals surface area contributed by atoms with Gasteiger partial charge in [-0.25, -0.2) is 0 Å². The van der Waals surface area contributed by atoms with Crippen molar-refractivity contribution in [2.24, 2.45) is 0 Å². The van der Waals surface area contributed by atoms with Crippen LogP contribution in [-0.2, 0) is 0 Å². The Morgan fingerprint density at radius 1 is 0.274 bits per heavy atom. The maximum absolute atomic E-state index is 7.42. The first-order valence-electron chi connectivity index (χ1n) is 30.3. The molecule has 4 nitrogen and oxygen atoms in total. The Labute approximate surface area is 493 Å². The van der Waals surface area contributed by atoms with E-state index in [1.165, 1.54) is 88.0 Å². The normalized spacial score (nSPS) is 12.2. The SMILES string of the molecule is Cc1cc(C)cc(N(c2cc(C(C)C)c3ccc4c(N(c5cc(C)ccc5C)c5cccc6c5oc5c(-c7ccccc7C(C)C)cccc56)cc(C(C)C)c5ccc2c3c54)c2cccc3c2oc2c(-c4ccccc4C(C)C)cccc23)c1.